The largest absolute Gasteiger partial charge is 0.504 e. The number of aromatic hydroxyl groups is 6. The maximum atomic E-state index is 11.3. The molecular formula is C27H36O6. The van der Waals surface area contributed by atoms with Gasteiger partial charge in [-0.05, 0) is 52.3 Å². The fourth-order valence-corrected chi connectivity index (χ4v) is 7.15. The standard InChI is InChI=1S/C27H36O6/c1-12(2)25(7)11-27(19-14(25)9-16(28)21(31)23(19)33)15-10-17(29)20(30)22(32)18(15)26(8,13(3)4)24(27,5)6/h9-10,12-13,28-33H,11H2,1-8H3. The van der Waals surface area contributed by atoms with Gasteiger partial charge in [0.15, 0.2) is 23.0 Å². The molecule has 0 saturated carbocycles. The van der Waals surface area contributed by atoms with Crippen LogP contribution in [0, 0.1) is 17.3 Å². The fourth-order valence-electron chi connectivity index (χ4n) is 7.15. The minimum absolute atomic E-state index is 0.0164. The van der Waals surface area contributed by atoms with Gasteiger partial charge in [0.25, 0.3) is 0 Å². The lowest BCUT2D eigenvalue weighted by Crippen LogP contribution is -2.50. The quantitative estimate of drug-likeness (QED) is 0.333. The Kier molecular flexibility index (Phi) is 4.56. The van der Waals surface area contributed by atoms with Crippen LogP contribution in [-0.4, -0.2) is 30.6 Å². The van der Waals surface area contributed by atoms with E-state index >= 15 is 0 Å². The molecule has 0 amide bonds. The summed E-state index contributed by atoms with van der Waals surface area (Å²) in [5.41, 5.74) is -0.302. The molecule has 3 atom stereocenters. The van der Waals surface area contributed by atoms with Crippen LogP contribution in [-0.2, 0) is 16.2 Å². The van der Waals surface area contributed by atoms with E-state index in [9.17, 15) is 30.6 Å². The lowest BCUT2D eigenvalue weighted by Gasteiger charge is -2.51. The molecule has 180 valence electrons. The first-order valence-electron chi connectivity index (χ1n) is 11.6. The van der Waals surface area contributed by atoms with Crippen LogP contribution in [0.4, 0.5) is 0 Å². The van der Waals surface area contributed by atoms with E-state index < -0.39 is 38.9 Å². The highest BCUT2D eigenvalue weighted by Gasteiger charge is 2.71. The number of phenolic OH excluding ortho intramolecular Hbond substituents is 6. The van der Waals surface area contributed by atoms with Gasteiger partial charge in [-0.15, -0.1) is 0 Å². The van der Waals surface area contributed by atoms with Gasteiger partial charge in [-0.2, -0.15) is 0 Å². The minimum Gasteiger partial charge on any atom is -0.504 e. The Labute approximate surface area is 195 Å². The molecular weight excluding hydrogens is 420 g/mol. The monoisotopic (exact) mass is 456 g/mol. The average Bonchev–Trinajstić information content (AvgIpc) is 3.07. The van der Waals surface area contributed by atoms with Gasteiger partial charge in [0, 0.05) is 22.0 Å². The second-order valence-electron chi connectivity index (χ2n) is 11.7. The molecule has 3 unspecified atom stereocenters. The van der Waals surface area contributed by atoms with Gasteiger partial charge in [-0.25, -0.2) is 0 Å². The summed E-state index contributed by atoms with van der Waals surface area (Å²) in [7, 11) is 0. The maximum absolute atomic E-state index is 11.3. The zero-order valence-electron chi connectivity index (χ0n) is 20.7. The van der Waals surface area contributed by atoms with Crippen LogP contribution in [0.1, 0.15) is 84.1 Å². The second kappa shape index (κ2) is 6.43. The van der Waals surface area contributed by atoms with Crippen molar-refractivity contribution in [1.29, 1.82) is 0 Å². The van der Waals surface area contributed by atoms with Gasteiger partial charge in [-0.1, -0.05) is 55.4 Å². The maximum Gasteiger partial charge on any atom is 0.200 e. The molecule has 2 aromatic carbocycles. The Balaban J connectivity index is 2.29. The number of fused-ring (bicyclic) bond motifs is 4. The molecule has 33 heavy (non-hydrogen) atoms. The molecule has 6 N–H and O–H groups in total. The molecule has 0 bridgehead atoms. The molecule has 4 rings (SSSR count). The summed E-state index contributed by atoms with van der Waals surface area (Å²) < 4.78 is 0. The molecule has 0 saturated heterocycles. The number of rotatable bonds is 2. The number of hydrogen-bond donors (Lipinski definition) is 6. The molecule has 1 spiro atoms. The highest BCUT2D eigenvalue weighted by atomic mass is 16.3. The summed E-state index contributed by atoms with van der Waals surface area (Å²) >= 11 is 0. The molecule has 6 nitrogen and oxygen atoms in total. The predicted octanol–water partition coefficient (Wildman–Crippen LogP) is 5.48. The molecule has 0 heterocycles. The predicted molar refractivity (Wildman–Crippen MR) is 126 cm³/mol. The van der Waals surface area contributed by atoms with Gasteiger partial charge in [0.2, 0.25) is 11.5 Å². The van der Waals surface area contributed by atoms with Crippen molar-refractivity contribution in [3.63, 3.8) is 0 Å². The first-order chi connectivity index (χ1) is 15.0. The van der Waals surface area contributed by atoms with Crippen LogP contribution in [0.5, 0.6) is 34.5 Å². The molecule has 0 fully saturated rings. The third-order valence-electron chi connectivity index (χ3n) is 9.96. The molecule has 0 aromatic heterocycles. The van der Waals surface area contributed by atoms with E-state index in [4.69, 9.17) is 0 Å². The summed E-state index contributed by atoms with van der Waals surface area (Å²) in [5, 5.41) is 64.6. The second-order valence-corrected chi connectivity index (χ2v) is 11.7. The molecule has 2 aliphatic carbocycles. The van der Waals surface area contributed by atoms with E-state index in [1.807, 2.05) is 6.92 Å². The zero-order chi connectivity index (χ0) is 25.0. The van der Waals surface area contributed by atoms with Gasteiger partial charge in [0.1, 0.15) is 0 Å². The van der Waals surface area contributed by atoms with Crippen LogP contribution >= 0.6 is 0 Å². The molecule has 2 aliphatic rings. The average molecular weight is 457 g/mol. The van der Waals surface area contributed by atoms with Crippen molar-refractivity contribution in [2.24, 2.45) is 17.3 Å². The summed E-state index contributed by atoms with van der Waals surface area (Å²) in [6.45, 7) is 16.6. The number of phenols is 6. The lowest BCUT2D eigenvalue weighted by molar-refractivity contribution is 0.0616. The normalized spacial score (nSPS) is 29.8. The first kappa shape index (κ1) is 23.4. The summed E-state index contributed by atoms with van der Waals surface area (Å²) in [4.78, 5) is 0. The van der Waals surface area contributed by atoms with E-state index in [0.29, 0.717) is 23.1 Å². The Morgan fingerprint density at radius 3 is 1.55 bits per heavy atom. The Hall–Kier alpha value is -2.76. The van der Waals surface area contributed by atoms with Crippen molar-refractivity contribution < 1.29 is 30.6 Å². The molecule has 6 heteroatoms. The van der Waals surface area contributed by atoms with Gasteiger partial charge >= 0.3 is 0 Å². The lowest BCUT2D eigenvalue weighted by atomic mass is 9.51. The number of benzene rings is 2. The Morgan fingerprint density at radius 2 is 1.09 bits per heavy atom. The van der Waals surface area contributed by atoms with E-state index in [-0.39, 0.29) is 29.1 Å². The molecule has 0 aliphatic heterocycles. The third kappa shape index (κ3) is 2.29. The van der Waals surface area contributed by atoms with E-state index in [1.165, 1.54) is 6.07 Å². The van der Waals surface area contributed by atoms with Crippen LogP contribution < -0.4 is 0 Å². The first-order valence-corrected chi connectivity index (χ1v) is 11.6. The highest BCUT2D eigenvalue weighted by Crippen LogP contribution is 2.77. The minimum atomic E-state index is -0.923. The van der Waals surface area contributed by atoms with E-state index in [1.54, 1.807) is 6.07 Å². The van der Waals surface area contributed by atoms with Crippen molar-refractivity contribution >= 4 is 0 Å². The summed E-state index contributed by atoms with van der Waals surface area (Å²) in [6, 6.07) is 3.04. The van der Waals surface area contributed by atoms with Gasteiger partial charge in [0.05, 0.1) is 0 Å². The van der Waals surface area contributed by atoms with Crippen LogP contribution in [0.15, 0.2) is 12.1 Å². The Bertz CT molecular complexity index is 1180. The van der Waals surface area contributed by atoms with Crippen molar-refractivity contribution in [3.05, 3.63) is 34.4 Å². The van der Waals surface area contributed by atoms with Crippen molar-refractivity contribution in [2.45, 2.75) is 78.1 Å². The Morgan fingerprint density at radius 1 is 0.636 bits per heavy atom. The topological polar surface area (TPSA) is 121 Å². The van der Waals surface area contributed by atoms with Crippen LogP contribution in [0.2, 0.25) is 0 Å². The summed E-state index contributed by atoms with van der Waals surface area (Å²) in [5.74, 6) is -2.56. The van der Waals surface area contributed by atoms with Crippen molar-refractivity contribution in [3.8, 4) is 34.5 Å². The molecule has 2 aromatic rings. The van der Waals surface area contributed by atoms with Crippen molar-refractivity contribution in [2.75, 3.05) is 0 Å². The highest BCUT2D eigenvalue weighted by molar-refractivity contribution is 5.74. The van der Waals surface area contributed by atoms with E-state index in [2.05, 4.69) is 48.5 Å². The zero-order valence-corrected chi connectivity index (χ0v) is 20.7. The van der Waals surface area contributed by atoms with E-state index in [0.717, 1.165) is 5.56 Å². The smallest absolute Gasteiger partial charge is 0.200 e. The number of hydrogen-bond acceptors (Lipinski definition) is 6. The van der Waals surface area contributed by atoms with Gasteiger partial charge in [-0.3, -0.25) is 0 Å². The van der Waals surface area contributed by atoms with Gasteiger partial charge < -0.3 is 30.6 Å². The molecule has 0 radical (unpaired) electrons. The third-order valence-corrected chi connectivity index (χ3v) is 9.96. The van der Waals surface area contributed by atoms with Crippen LogP contribution in [0.25, 0.3) is 0 Å². The van der Waals surface area contributed by atoms with Crippen molar-refractivity contribution in [1.82, 2.24) is 0 Å². The fraction of sp³-hybridized carbons (Fsp3) is 0.556. The summed E-state index contributed by atoms with van der Waals surface area (Å²) in [6.07, 6.45) is 0.523. The van der Waals surface area contributed by atoms with Crippen LogP contribution in [0.3, 0.4) is 0 Å². The SMILES string of the molecule is CC(C)C1(C)CC2(c3cc(O)c(O)c(O)c3C(C)(C(C)C)C2(C)C)c2c1cc(O)c(O)c2O.